The Morgan fingerprint density at radius 3 is 2.87 bits per heavy atom. The third-order valence-corrected chi connectivity index (χ3v) is 6.16. The normalized spacial score (nSPS) is 21.0. The molecule has 2 aliphatic rings. The second kappa shape index (κ2) is 5.24. The Balaban J connectivity index is 1.55. The molecular weight excluding hydrogens is 318 g/mol. The van der Waals surface area contributed by atoms with E-state index in [4.69, 9.17) is 9.47 Å². The molecular formula is C15H17N3O4S. The summed E-state index contributed by atoms with van der Waals surface area (Å²) in [6.07, 6.45) is 3.71. The molecule has 0 N–H and O–H groups in total. The van der Waals surface area contributed by atoms with Gasteiger partial charge in [-0.05, 0) is 30.0 Å². The van der Waals surface area contributed by atoms with Gasteiger partial charge in [0.15, 0.2) is 11.5 Å². The summed E-state index contributed by atoms with van der Waals surface area (Å²) in [6, 6.07) is 5.82. The zero-order valence-electron chi connectivity index (χ0n) is 12.7. The van der Waals surface area contributed by atoms with Crippen molar-refractivity contribution in [2.24, 2.45) is 7.05 Å². The molecule has 0 spiro atoms. The molecule has 0 saturated carbocycles. The minimum absolute atomic E-state index is 0.163. The number of rotatable bonds is 3. The number of aryl methyl sites for hydroxylation is 1. The van der Waals surface area contributed by atoms with Gasteiger partial charge in [0.1, 0.15) is 4.90 Å². The molecule has 1 atom stereocenters. The standard InChI is InChI=1S/C15H17N3O4S/c1-17-9-13(7-16-17)23(19,20)18-5-4-12(8-18)11-2-3-14-15(6-11)22-10-21-14/h2-3,6-7,9,12H,4-5,8,10H2,1H3/t12-/m0/s1. The van der Waals surface area contributed by atoms with Crippen LogP contribution in [0.3, 0.4) is 0 Å². The first-order chi connectivity index (χ1) is 11.0. The Labute approximate surface area is 134 Å². The van der Waals surface area contributed by atoms with Crippen LogP contribution >= 0.6 is 0 Å². The maximum Gasteiger partial charge on any atom is 0.246 e. The third-order valence-electron chi connectivity index (χ3n) is 4.34. The zero-order valence-corrected chi connectivity index (χ0v) is 13.5. The fraction of sp³-hybridized carbons (Fsp3) is 0.400. The molecule has 1 fully saturated rings. The summed E-state index contributed by atoms with van der Waals surface area (Å²) >= 11 is 0. The Kier molecular flexibility index (Phi) is 3.31. The van der Waals surface area contributed by atoms with Crippen molar-refractivity contribution in [3.63, 3.8) is 0 Å². The van der Waals surface area contributed by atoms with Gasteiger partial charge < -0.3 is 9.47 Å². The molecule has 23 heavy (non-hydrogen) atoms. The van der Waals surface area contributed by atoms with Gasteiger partial charge in [-0.15, -0.1) is 0 Å². The molecule has 3 heterocycles. The summed E-state index contributed by atoms with van der Waals surface area (Å²) in [7, 11) is -1.77. The van der Waals surface area contributed by atoms with Gasteiger partial charge in [0, 0.05) is 26.3 Å². The van der Waals surface area contributed by atoms with Crippen LogP contribution in [0, 0.1) is 0 Å². The molecule has 2 aliphatic heterocycles. The van der Waals surface area contributed by atoms with E-state index in [1.807, 2.05) is 18.2 Å². The van der Waals surface area contributed by atoms with Crippen LogP contribution in [0.5, 0.6) is 11.5 Å². The van der Waals surface area contributed by atoms with Gasteiger partial charge in [0.2, 0.25) is 16.8 Å². The van der Waals surface area contributed by atoms with Crippen molar-refractivity contribution >= 4 is 10.0 Å². The number of nitrogens with zero attached hydrogens (tertiary/aromatic N) is 3. The van der Waals surface area contributed by atoms with Gasteiger partial charge in [-0.25, -0.2) is 8.42 Å². The highest BCUT2D eigenvalue weighted by Gasteiger charge is 2.34. The molecule has 0 aliphatic carbocycles. The average molecular weight is 335 g/mol. The molecule has 1 aromatic heterocycles. The first kappa shape index (κ1) is 14.5. The van der Waals surface area contributed by atoms with Crippen LogP contribution in [0.4, 0.5) is 0 Å². The van der Waals surface area contributed by atoms with Gasteiger partial charge >= 0.3 is 0 Å². The maximum absolute atomic E-state index is 12.6. The van der Waals surface area contributed by atoms with Crippen LogP contribution in [0.1, 0.15) is 17.9 Å². The number of fused-ring (bicyclic) bond motifs is 1. The van der Waals surface area contributed by atoms with E-state index < -0.39 is 10.0 Å². The van der Waals surface area contributed by atoms with Crippen molar-refractivity contribution in [3.8, 4) is 11.5 Å². The largest absolute Gasteiger partial charge is 0.454 e. The topological polar surface area (TPSA) is 73.7 Å². The summed E-state index contributed by atoms with van der Waals surface area (Å²) in [5.74, 6) is 1.64. The molecule has 2 aromatic rings. The molecule has 8 heteroatoms. The predicted octanol–water partition coefficient (Wildman–Crippen LogP) is 1.33. The quantitative estimate of drug-likeness (QED) is 0.846. The molecule has 7 nitrogen and oxygen atoms in total. The highest BCUT2D eigenvalue weighted by molar-refractivity contribution is 7.89. The fourth-order valence-electron chi connectivity index (χ4n) is 3.07. The van der Waals surface area contributed by atoms with E-state index in [9.17, 15) is 8.42 Å². The molecule has 0 unspecified atom stereocenters. The SMILES string of the molecule is Cn1cc(S(=O)(=O)N2CC[C@H](c3ccc4c(c3)OCO4)C2)cn1. The highest BCUT2D eigenvalue weighted by Crippen LogP contribution is 2.38. The molecule has 1 saturated heterocycles. The summed E-state index contributed by atoms with van der Waals surface area (Å²) < 4.78 is 39.0. The van der Waals surface area contributed by atoms with Crippen molar-refractivity contribution in [2.75, 3.05) is 19.9 Å². The lowest BCUT2D eigenvalue weighted by Crippen LogP contribution is -2.28. The summed E-state index contributed by atoms with van der Waals surface area (Å²) in [4.78, 5) is 0.242. The average Bonchev–Trinajstić information content (AvgIpc) is 3.26. The first-order valence-electron chi connectivity index (χ1n) is 7.42. The van der Waals surface area contributed by atoms with Crippen LogP contribution in [0.25, 0.3) is 0 Å². The second-order valence-corrected chi connectivity index (χ2v) is 7.75. The molecule has 0 radical (unpaired) electrons. The van der Waals surface area contributed by atoms with E-state index in [1.54, 1.807) is 7.05 Å². The molecule has 0 amide bonds. The predicted molar refractivity (Wildman–Crippen MR) is 81.9 cm³/mol. The number of benzene rings is 1. The number of hydrogen-bond donors (Lipinski definition) is 0. The third kappa shape index (κ3) is 2.47. The maximum atomic E-state index is 12.6. The van der Waals surface area contributed by atoms with E-state index in [1.165, 1.54) is 21.4 Å². The Morgan fingerprint density at radius 2 is 2.09 bits per heavy atom. The number of sulfonamides is 1. The van der Waals surface area contributed by atoms with Gasteiger partial charge in [-0.1, -0.05) is 6.07 Å². The van der Waals surface area contributed by atoms with E-state index in [0.29, 0.717) is 13.1 Å². The molecule has 0 bridgehead atoms. The second-order valence-electron chi connectivity index (χ2n) is 5.81. The van der Waals surface area contributed by atoms with Crippen molar-refractivity contribution < 1.29 is 17.9 Å². The minimum atomic E-state index is -3.48. The van der Waals surface area contributed by atoms with Crippen molar-refractivity contribution in [3.05, 3.63) is 36.2 Å². The summed E-state index contributed by atoms with van der Waals surface area (Å²) in [6.45, 7) is 1.22. The minimum Gasteiger partial charge on any atom is -0.454 e. The van der Waals surface area contributed by atoms with Gasteiger partial charge in [0.25, 0.3) is 0 Å². The molecule has 1 aromatic carbocycles. The van der Waals surface area contributed by atoms with E-state index >= 15 is 0 Å². The Morgan fingerprint density at radius 1 is 1.26 bits per heavy atom. The van der Waals surface area contributed by atoms with Crippen LogP contribution in [-0.2, 0) is 17.1 Å². The molecule has 122 valence electrons. The van der Waals surface area contributed by atoms with Gasteiger partial charge in [0.05, 0.1) is 6.20 Å². The number of hydrogen-bond acceptors (Lipinski definition) is 5. The van der Waals surface area contributed by atoms with Crippen LogP contribution < -0.4 is 9.47 Å². The Bertz CT molecular complexity index is 846. The number of aromatic nitrogens is 2. The van der Waals surface area contributed by atoms with Gasteiger partial charge in [-0.3, -0.25) is 4.68 Å². The van der Waals surface area contributed by atoms with E-state index in [2.05, 4.69) is 5.10 Å². The Hall–Kier alpha value is -2.06. The smallest absolute Gasteiger partial charge is 0.246 e. The van der Waals surface area contributed by atoms with Crippen molar-refractivity contribution in [1.29, 1.82) is 0 Å². The summed E-state index contributed by atoms with van der Waals surface area (Å²) in [5.41, 5.74) is 1.08. The zero-order chi connectivity index (χ0) is 16.0. The monoisotopic (exact) mass is 335 g/mol. The first-order valence-corrected chi connectivity index (χ1v) is 8.86. The van der Waals surface area contributed by atoms with Crippen molar-refractivity contribution in [2.45, 2.75) is 17.2 Å². The van der Waals surface area contributed by atoms with Crippen LogP contribution in [0.15, 0.2) is 35.5 Å². The van der Waals surface area contributed by atoms with E-state index in [-0.39, 0.29) is 17.6 Å². The van der Waals surface area contributed by atoms with Crippen LogP contribution in [0.2, 0.25) is 0 Å². The number of ether oxygens (including phenoxy) is 2. The van der Waals surface area contributed by atoms with Crippen molar-refractivity contribution in [1.82, 2.24) is 14.1 Å². The van der Waals surface area contributed by atoms with Crippen LogP contribution in [-0.4, -0.2) is 42.4 Å². The summed E-state index contributed by atoms with van der Waals surface area (Å²) in [5, 5.41) is 3.95. The van der Waals surface area contributed by atoms with Gasteiger partial charge in [-0.2, -0.15) is 9.40 Å². The lowest BCUT2D eigenvalue weighted by molar-refractivity contribution is 0.174. The molecule has 4 rings (SSSR count). The van der Waals surface area contributed by atoms with E-state index in [0.717, 1.165) is 23.5 Å². The highest BCUT2D eigenvalue weighted by atomic mass is 32.2. The fourth-order valence-corrected chi connectivity index (χ4v) is 4.55. The lowest BCUT2D eigenvalue weighted by Gasteiger charge is -2.15. The lowest BCUT2D eigenvalue weighted by atomic mass is 9.98.